The minimum absolute atomic E-state index is 0.206. The lowest BCUT2D eigenvalue weighted by atomic mass is 10.1. The van der Waals surface area contributed by atoms with Crippen LogP contribution in [0.3, 0.4) is 0 Å². The Kier molecular flexibility index (Phi) is 4.03. The van der Waals surface area contributed by atoms with Gasteiger partial charge in [-0.05, 0) is 6.92 Å². The lowest BCUT2D eigenvalue weighted by Crippen LogP contribution is -2.51. The van der Waals surface area contributed by atoms with Crippen molar-refractivity contribution >= 4 is 17.7 Å². The highest BCUT2D eigenvalue weighted by atomic mass is 32.2. The maximum atomic E-state index is 10.8. The molecule has 3 unspecified atom stereocenters. The van der Waals surface area contributed by atoms with E-state index >= 15 is 0 Å². The van der Waals surface area contributed by atoms with Crippen LogP contribution in [0.1, 0.15) is 20.8 Å². The molecule has 0 spiro atoms. The Morgan fingerprint density at radius 1 is 1.47 bits per heavy atom. The van der Waals surface area contributed by atoms with E-state index in [1.165, 1.54) is 6.92 Å². The third-order valence-electron chi connectivity index (χ3n) is 2.49. The molecule has 0 saturated carbocycles. The van der Waals surface area contributed by atoms with E-state index in [9.17, 15) is 9.90 Å². The molecule has 0 radical (unpaired) electrons. The molecule has 15 heavy (non-hydrogen) atoms. The van der Waals surface area contributed by atoms with E-state index in [1.807, 2.05) is 16.7 Å². The summed E-state index contributed by atoms with van der Waals surface area (Å²) in [5, 5.41) is 19.5. The summed E-state index contributed by atoms with van der Waals surface area (Å²) in [6.07, 6.45) is 0. The Labute approximate surface area is 94.7 Å². The molecule has 0 aromatic carbocycles. The molecule has 5 heteroatoms. The summed E-state index contributed by atoms with van der Waals surface area (Å²) in [4.78, 5) is 12.8. The highest BCUT2D eigenvalue weighted by molar-refractivity contribution is 8.00. The third-order valence-corrected chi connectivity index (χ3v) is 3.71. The first-order valence-corrected chi connectivity index (χ1v) is 6.09. The number of hydrogen-bond acceptors (Lipinski definition) is 4. The SMILES string of the molecule is CC1CN(CC(C)(O)C(=O)O)CC(C)S1. The smallest absolute Gasteiger partial charge is 0.336 e. The molecule has 0 aromatic rings. The van der Waals surface area contributed by atoms with Gasteiger partial charge in [0.2, 0.25) is 0 Å². The summed E-state index contributed by atoms with van der Waals surface area (Å²) in [5.74, 6) is -1.15. The Hall–Kier alpha value is -0.260. The first-order chi connectivity index (χ1) is 6.81. The summed E-state index contributed by atoms with van der Waals surface area (Å²) in [7, 11) is 0. The van der Waals surface area contributed by atoms with Crippen LogP contribution in [0.25, 0.3) is 0 Å². The number of nitrogens with zero attached hydrogens (tertiary/aromatic N) is 1. The van der Waals surface area contributed by atoms with Crippen LogP contribution in [-0.2, 0) is 4.79 Å². The fourth-order valence-electron chi connectivity index (χ4n) is 1.92. The number of aliphatic carboxylic acids is 1. The highest BCUT2D eigenvalue weighted by Crippen LogP contribution is 2.25. The number of hydrogen-bond donors (Lipinski definition) is 2. The van der Waals surface area contributed by atoms with Gasteiger partial charge in [0.15, 0.2) is 5.60 Å². The molecule has 1 saturated heterocycles. The van der Waals surface area contributed by atoms with Crippen molar-refractivity contribution in [2.45, 2.75) is 36.9 Å². The van der Waals surface area contributed by atoms with E-state index in [0.29, 0.717) is 10.5 Å². The first-order valence-electron chi connectivity index (χ1n) is 5.15. The molecule has 0 aromatic heterocycles. The van der Waals surface area contributed by atoms with Crippen molar-refractivity contribution in [2.24, 2.45) is 0 Å². The molecule has 4 nitrogen and oxygen atoms in total. The maximum Gasteiger partial charge on any atom is 0.336 e. The van der Waals surface area contributed by atoms with Gasteiger partial charge in [-0.15, -0.1) is 0 Å². The van der Waals surface area contributed by atoms with Crippen LogP contribution in [0.2, 0.25) is 0 Å². The molecule has 0 bridgehead atoms. The van der Waals surface area contributed by atoms with Gasteiger partial charge < -0.3 is 10.2 Å². The standard InChI is InChI=1S/C10H19NO3S/c1-7-4-11(5-8(2)15-7)6-10(3,14)9(12)13/h7-8,14H,4-6H2,1-3H3,(H,12,13). The van der Waals surface area contributed by atoms with Crippen molar-refractivity contribution in [1.82, 2.24) is 4.90 Å². The van der Waals surface area contributed by atoms with Crippen LogP contribution in [0, 0.1) is 0 Å². The molecular formula is C10H19NO3S. The van der Waals surface area contributed by atoms with Crippen molar-refractivity contribution in [1.29, 1.82) is 0 Å². The lowest BCUT2D eigenvalue weighted by Gasteiger charge is -2.37. The summed E-state index contributed by atoms with van der Waals surface area (Å²) in [5.41, 5.74) is -1.64. The average Bonchev–Trinajstić information content (AvgIpc) is 1.99. The molecule has 1 heterocycles. The number of carboxylic acid groups (broad SMARTS) is 1. The van der Waals surface area contributed by atoms with Crippen LogP contribution in [-0.4, -0.2) is 56.8 Å². The molecule has 1 aliphatic heterocycles. The first kappa shape index (κ1) is 12.8. The van der Waals surface area contributed by atoms with Crippen molar-refractivity contribution in [2.75, 3.05) is 19.6 Å². The summed E-state index contributed by atoms with van der Waals surface area (Å²) >= 11 is 1.91. The summed E-state index contributed by atoms with van der Waals surface area (Å²) in [6, 6.07) is 0. The van der Waals surface area contributed by atoms with Crippen molar-refractivity contribution in [3.05, 3.63) is 0 Å². The van der Waals surface area contributed by atoms with Crippen molar-refractivity contribution in [3.63, 3.8) is 0 Å². The lowest BCUT2D eigenvalue weighted by molar-refractivity contribution is -0.158. The predicted octanol–water partition coefficient (Wildman–Crippen LogP) is 0.648. The number of thioether (sulfide) groups is 1. The zero-order valence-corrected chi connectivity index (χ0v) is 10.3. The molecule has 0 amide bonds. The van der Waals surface area contributed by atoms with E-state index < -0.39 is 11.6 Å². The number of β-amino-alcohol motifs (C(OH)–C–C–N with tert-alkyl or cyclic N) is 1. The molecule has 3 atom stereocenters. The van der Waals surface area contributed by atoms with Crippen LogP contribution in [0.15, 0.2) is 0 Å². The summed E-state index contributed by atoms with van der Waals surface area (Å²) in [6.45, 7) is 7.51. The molecule has 1 aliphatic rings. The van der Waals surface area contributed by atoms with Crippen molar-refractivity contribution < 1.29 is 15.0 Å². The Morgan fingerprint density at radius 3 is 2.33 bits per heavy atom. The fraction of sp³-hybridized carbons (Fsp3) is 0.900. The highest BCUT2D eigenvalue weighted by Gasteiger charge is 2.34. The van der Waals surface area contributed by atoms with E-state index in [2.05, 4.69) is 13.8 Å². The normalized spacial score (nSPS) is 32.3. The molecular weight excluding hydrogens is 214 g/mol. The van der Waals surface area contributed by atoms with Gasteiger partial charge in [0.05, 0.1) is 0 Å². The Bertz CT molecular complexity index is 235. The zero-order valence-electron chi connectivity index (χ0n) is 9.43. The molecule has 0 aliphatic carbocycles. The van der Waals surface area contributed by atoms with Crippen LogP contribution >= 0.6 is 11.8 Å². The second-order valence-corrected chi connectivity index (χ2v) is 6.41. The Balaban J connectivity index is 2.54. The van der Waals surface area contributed by atoms with E-state index in [-0.39, 0.29) is 6.54 Å². The average molecular weight is 233 g/mol. The summed E-state index contributed by atoms with van der Waals surface area (Å²) < 4.78 is 0. The van der Waals surface area contributed by atoms with Gasteiger partial charge in [-0.1, -0.05) is 13.8 Å². The van der Waals surface area contributed by atoms with Gasteiger partial charge in [-0.3, -0.25) is 4.90 Å². The van der Waals surface area contributed by atoms with Gasteiger partial charge in [0, 0.05) is 30.1 Å². The predicted molar refractivity (Wildman–Crippen MR) is 61.2 cm³/mol. The largest absolute Gasteiger partial charge is 0.479 e. The second-order valence-electron chi connectivity index (χ2n) is 4.53. The number of rotatable bonds is 3. The van der Waals surface area contributed by atoms with Crippen LogP contribution < -0.4 is 0 Å². The number of aliphatic hydroxyl groups is 1. The number of carboxylic acids is 1. The number of carbonyl (C=O) groups is 1. The van der Waals surface area contributed by atoms with Gasteiger partial charge in [-0.2, -0.15) is 11.8 Å². The molecule has 1 fully saturated rings. The van der Waals surface area contributed by atoms with Gasteiger partial charge >= 0.3 is 5.97 Å². The van der Waals surface area contributed by atoms with E-state index in [1.54, 1.807) is 0 Å². The molecule has 1 rings (SSSR count). The topological polar surface area (TPSA) is 60.8 Å². The van der Waals surface area contributed by atoms with E-state index in [4.69, 9.17) is 5.11 Å². The van der Waals surface area contributed by atoms with Crippen LogP contribution in [0.4, 0.5) is 0 Å². The monoisotopic (exact) mass is 233 g/mol. The van der Waals surface area contributed by atoms with Gasteiger partial charge in [0.25, 0.3) is 0 Å². The van der Waals surface area contributed by atoms with E-state index in [0.717, 1.165) is 13.1 Å². The quantitative estimate of drug-likeness (QED) is 0.749. The van der Waals surface area contributed by atoms with Gasteiger partial charge in [0.1, 0.15) is 0 Å². The second kappa shape index (κ2) is 4.72. The molecule has 2 N–H and O–H groups in total. The zero-order chi connectivity index (χ0) is 11.6. The Morgan fingerprint density at radius 2 is 1.93 bits per heavy atom. The van der Waals surface area contributed by atoms with Crippen LogP contribution in [0.5, 0.6) is 0 Å². The minimum Gasteiger partial charge on any atom is -0.479 e. The third kappa shape index (κ3) is 3.66. The maximum absolute atomic E-state index is 10.8. The van der Waals surface area contributed by atoms with Crippen molar-refractivity contribution in [3.8, 4) is 0 Å². The van der Waals surface area contributed by atoms with Gasteiger partial charge in [-0.25, -0.2) is 4.79 Å². The minimum atomic E-state index is -1.64. The fourth-order valence-corrected chi connectivity index (χ4v) is 3.30. The molecule has 88 valence electrons.